The van der Waals surface area contributed by atoms with Crippen LogP contribution in [0.5, 0.6) is 0 Å². The molecule has 4 heteroatoms. The molecule has 0 amide bonds. The monoisotopic (exact) mass is 249 g/mol. The van der Waals surface area contributed by atoms with Crippen LogP contribution in [-0.2, 0) is 21.7 Å². The number of rotatable bonds is 4. The standard InChI is InChI=1S/C14H16FNO2/c1-18-9-11-5-4-6-12(13(11)15)14(16-10-17)7-2-3-8-14/h4-6H,2-3,7-9H2,1H3. The zero-order valence-electron chi connectivity index (χ0n) is 10.4. The Morgan fingerprint density at radius 3 is 2.78 bits per heavy atom. The second kappa shape index (κ2) is 5.42. The third kappa shape index (κ3) is 2.22. The molecule has 0 atom stereocenters. The third-order valence-electron chi connectivity index (χ3n) is 3.57. The molecule has 1 aromatic rings. The Labute approximate surface area is 106 Å². The van der Waals surface area contributed by atoms with Gasteiger partial charge in [-0.2, -0.15) is 4.99 Å². The molecule has 1 fully saturated rings. The molecule has 0 aliphatic heterocycles. The molecular formula is C14H16FNO2. The van der Waals surface area contributed by atoms with Gasteiger partial charge in [0.2, 0.25) is 6.08 Å². The Kier molecular flexibility index (Phi) is 3.90. The SMILES string of the molecule is COCc1cccc(C2(N=C=O)CCCC2)c1F. The molecule has 0 unspecified atom stereocenters. The number of hydrogen-bond acceptors (Lipinski definition) is 3. The van der Waals surface area contributed by atoms with Gasteiger partial charge in [0.25, 0.3) is 0 Å². The van der Waals surface area contributed by atoms with E-state index in [0.717, 1.165) is 12.8 Å². The molecular weight excluding hydrogens is 233 g/mol. The first-order valence-electron chi connectivity index (χ1n) is 6.09. The summed E-state index contributed by atoms with van der Waals surface area (Å²) in [7, 11) is 1.53. The molecule has 0 spiro atoms. The van der Waals surface area contributed by atoms with Crippen molar-refractivity contribution in [3.8, 4) is 0 Å². The van der Waals surface area contributed by atoms with Crippen LogP contribution in [0.2, 0.25) is 0 Å². The van der Waals surface area contributed by atoms with E-state index in [-0.39, 0.29) is 12.4 Å². The number of ether oxygens (including phenoxy) is 1. The highest BCUT2D eigenvalue weighted by Crippen LogP contribution is 2.43. The van der Waals surface area contributed by atoms with Crippen molar-refractivity contribution in [2.75, 3.05) is 7.11 Å². The minimum Gasteiger partial charge on any atom is -0.380 e. The maximum Gasteiger partial charge on any atom is 0.235 e. The first-order valence-corrected chi connectivity index (χ1v) is 6.09. The second-order valence-corrected chi connectivity index (χ2v) is 4.65. The Bertz CT molecular complexity index is 475. The lowest BCUT2D eigenvalue weighted by Gasteiger charge is -2.24. The van der Waals surface area contributed by atoms with Crippen molar-refractivity contribution in [3.05, 3.63) is 35.1 Å². The van der Waals surface area contributed by atoms with Crippen molar-refractivity contribution in [1.29, 1.82) is 0 Å². The van der Waals surface area contributed by atoms with Crippen LogP contribution < -0.4 is 0 Å². The Morgan fingerprint density at radius 1 is 1.44 bits per heavy atom. The summed E-state index contributed by atoms with van der Waals surface area (Å²) >= 11 is 0. The topological polar surface area (TPSA) is 38.7 Å². The largest absolute Gasteiger partial charge is 0.380 e. The quantitative estimate of drug-likeness (QED) is 0.607. The van der Waals surface area contributed by atoms with Gasteiger partial charge >= 0.3 is 0 Å². The minimum atomic E-state index is -0.713. The van der Waals surface area contributed by atoms with E-state index in [0.29, 0.717) is 24.0 Å². The number of benzene rings is 1. The third-order valence-corrected chi connectivity index (χ3v) is 3.57. The van der Waals surface area contributed by atoms with Gasteiger partial charge in [-0.15, -0.1) is 0 Å². The molecule has 2 rings (SSSR count). The normalized spacial score (nSPS) is 17.4. The van der Waals surface area contributed by atoms with Gasteiger partial charge < -0.3 is 4.74 Å². The van der Waals surface area contributed by atoms with Gasteiger partial charge in [-0.1, -0.05) is 31.0 Å². The molecule has 0 aromatic heterocycles. The number of nitrogens with zero attached hydrogens (tertiary/aromatic N) is 1. The van der Waals surface area contributed by atoms with Crippen LogP contribution in [0.4, 0.5) is 4.39 Å². The van der Waals surface area contributed by atoms with Crippen molar-refractivity contribution in [1.82, 2.24) is 0 Å². The highest BCUT2D eigenvalue weighted by molar-refractivity contribution is 5.40. The first-order chi connectivity index (χ1) is 8.73. The van der Waals surface area contributed by atoms with Crippen LogP contribution in [0, 0.1) is 5.82 Å². The molecule has 0 heterocycles. The van der Waals surface area contributed by atoms with Crippen molar-refractivity contribution in [2.45, 2.75) is 37.8 Å². The lowest BCUT2D eigenvalue weighted by atomic mass is 9.87. The Morgan fingerprint density at radius 2 is 2.17 bits per heavy atom. The van der Waals surface area contributed by atoms with E-state index in [1.165, 1.54) is 7.11 Å². The molecule has 96 valence electrons. The van der Waals surface area contributed by atoms with Gasteiger partial charge in [-0.05, 0) is 12.8 Å². The summed E-state index contributed by atoms with van der Waals surface area (Å²) in [5.41, 5.74) is 0.288. The number of halogens is 1. The van der Waals surface area contributed by atoms with Crippen molar-refractivity contribution >= 4 is 6.08 Å². The molecule has 1 aliphatic rings. The fraction of sp³-hybridized carbons (Fsp3) is 0.500. The molecule has 1 saturated carbocycles. The minimum absolute atomic E-state index is 0.223. The van der Waals surface area contributed by atoms with Crippen molar-refractivity contribution < 1.29 is 13.9 Å². The number of hydrogen-bond donors (Lipinski definition) is 0. The van der Waals surface area contributed by atoms with E-state index in [1.54, 1.807) is 24.3 Å². The predicted octanol–water partition coefficient (Wildman–Crippen LogP) is 3.08. The number of carbonyl (C=O) groups excluding carboxylic acids is 1. The Hall–Kier alpha value is -1.51. The average molecular weight is 249 g/mol. The molecule has 0 saturated heterocycles. The molecule has 1 aliphatic carbocycles. The molecule has 0 bridgehead atoms. The van der Waals surface area contributed by atoms with Gasteiger partial charge in [0.1, 0.15) is 11.4 Å². The van der Waals surface area contributed by atoms with Crippen LogP contribution in [0.3, 0.4) is 0 Å². The molecule has 18 heavy (non-hydrogen) atoms. The molecule has 3 nitrogen and oxygen atoms in total. The lowest BCUT2D eigenvalue weighted by molar-refractivity contribution is 0.181. The number of isocyanates is 1. The van der Waals surface area contributed by atoms with Crippen molar-refractivity contribution in [2.24, 2.45) is 4.99 Å². The molecule has 0 N–H and O–H groups in total. The van der Waals surface area contributed by atoms with Gasteiger partial charge in [-0.3, -0.25) is 0 Å². The maximum atomic E-state index is 14.4. The fourth-order valence-electron chi connectivity index (χ4n) is 2.69. The average Bonchev–Trinajstić information content (AvgIpc) is 2.82. The maximum absolute atomic E-state index is 14.4. The van der Waals surface area contributed by atoms with Crippen LogP contribution in [0.25, 0.3) is 0 Å². The summed E-state index contributed by atoms with van der Waals surface area (Å²) in [5, 5.41) is 0. The number of methoxy groups -OCH3 is 1. The van der Waals surface area contributed by atoms with Gasteiger partial charge in [0.15, 0.2) is 0 Å². The summed E-state index contributed by atoms with van der Waals surface area (Å²) in [4.78, 5) is 14.5. The zero-order chi connectivity index (χ0) is 13.0. The summed E-state index contributed by atoms with van der Waals surface area (Å²) in [6.07, 6.45) is 4.93. The first kappa shape index (κ1) is 12.9. The Balaban J connectivity index is 2.48. The smallest absolute Gasteiger partial charge is 0.235 e. The van der Waals surface area contributed by atoms with Gasteiger partial charge in [-0.25, -0.2) is 9.18 Å². The summed E-state index contributed by atoms with van der Waals surface area (Å²) in [6.45, 7) is 0.223. The highest BCUT2D eigenvalue weighted by Gasteiger charge is 2.38. The van der Waals surface area contributed by atoms with E-state index in [9.17, 15) is 9.18 Å². The van der Waals surface area contributed by atoms with Crippen LogP contribution in [0.1, 0.15) is 36.8 Å². The molecule has 0 radical (unpaired) electrons. The van der Waals surface area contributed by atoms with Gasteiger partial charge in [0, 0.05) is 18.2 Å². The van der Waals surface area contributed by atoms with Gasteiger partial charge in [0.05, 0.1) is 6.61 Å². The lowest BCUT2D eigenvalue weighted by Crippen LogP contribution is -2.21. The van der Waals surface area contributed by atoms with E-state index >= 15 is 0 Å². The van der Waals surface area contributed by atoms with E-state index in [1.807, 2.05) is 0 Å². The van der Waals surface area contributed by atoms with E-state index in [4.69, 9.17) is 4.74 Å². The summed E-state index contributed by atoms with van der Waals surface area (Å²) in [5.74, 6) is -0.305. The van der Waals surface area contributed by atoms with Crippen LogP contribution >= 0.6 is 0 Å². The second-order valence-electron chi connectivity index (χ2n) is 4.65. The van der Waals surface area contributed by atoms with Crippen molar-refractivity contribution in [3.63, 3.8) is 0 Å². The number of aliphatic imine (C=N–C) groups is 1. The fourth-order valence-corrected chi connectivity index (χ4v) is 2.69. The molecule has 1 aromatic carbocycles. The van der Waals surface area contributed by atoms with E-state index in [2.05, 4.69) is 4.99 Å². The zero-order valence-corrected chi connectivity index (χ0v) is 10.4. The summed E-state index contributed by atoms with van der Waals surface area (Å²) in [6, 6.07) is 5.18. The highest BCUT2D eigenvalue weighted by atomic mass is 19.1. The predicted molar refractivity (Wildman–Crippen MR) is 65.4 cm³/mol. The summed E-state index contributed by atoms with van der Waals surface area (Å²) < 4.78 is 19.4. The van der Waals surface area contributed by atoms with Crippen LogP contribution in [0.15, 0.2) is 23.2 Å². The van der Waals surface area contributed by atoms with E-state index < -0.39 is 5.54 Å². The van der Waals surface area contributed by atoms with Crippen LogP contribution in [-0.4, -0.2) is 13.2 Å².